The van der Waals surface area contributed by atoms with Crippen molar-refractivity contribution in [3.8, 4) is 0 Å². The zero-order valence-electron chi connectivity index (χ0n) is 11.9. The molecule has 0 spiro atoms. The third-order valence-corrected chi connectivity index (χ3v) is 5.49. The summed E-state index contributed by atoms with van der Waals surface area (Å²) in [4.78, 5) is 17.0. The molecule has 2 N–H and O–H groups in total. The summed E-state index contributed by atoms with van der Waals surface area (Å²) in [5.74, 6) is 0.183. The molecule has 110 valence electrons. The Morgan fingerprint density at radius 3 is 2.45 bits per heavy atom. The third-order valence-electron chi connectivity index (χ3n) is 4.56. The fraction of sp³-hybridized carbons (Fsp3) is 0.667. The van der Waals surface area contributed by atoms with E-state index in [0.29, 0.717) is 0 Å². The van der Waals surface area contributed by atoms with Gasteiger partial charge in [-0.2, -0.15) is 0 Å². The quantitative estimate of drug-likeness (QED) is 0.908. The van der Waals surface area contributed by atoms with Gasteiger partial charge in [0.2, 0.25) is 5.91 Å². The molecular formula is C15H23N3OS. The van der Waals surface area contributed by atoms with Crippen molar-refractivity contribution >= 4 is 22.2 Å². The standard InChI is InChI=1S/C15H23N3OS/c16-15(6-2-1-3-7-15)14(19)18-10-8-17(9-11-18)13-5-4-12-20-13/h4-5,12H,1-3,6-11,16H2. The number of nitrogens with two attached hydrogens (primary N) is 1. The van der Waals surface area contributed by atoms with Crippen LogP contribution >= 0.6 is 11.3 Å². The van der Waals surface area contributed by atoms with Gasteiger partial charge in [0.25, 0.3) is 0 Å². The highest BCUT2D eigenvalue weighted by Gasteiger charge is 2.39. The zero-order valence-corrected chi connectivity index (χ0v) is 12.7. The Bertz CT molecular complexity index is 446. The van der Waals surface area contributed by atoms with Crippen molar-refractivity contribution in [3.63, 3.8) is 0 Å². The van der Waals surface area contributed by atoms with Crippen molar-refractivity contribution < 1.29 is 4.79 Å². The van der Waals surface area contributed by atoms with Gasteiger partial charge in [0, 0.05) is 26.2 Å². The van der Waals surface area contributed by atoms with E-state index in [1.165, 1.54) is 11.4 Å². The van der Waals surface area contributed by atoms with E-state index in [1.54, 1.807) is 11.3 Å². The molecule has 0 atom stereocenters. The predicted molar refractivity (Wildman–Crippen MR) is 83.1 cm³/mol. The van der Waals surface area contributed by atoms with Crippen molar-refractivity contribution in [1.82, 2.24) is 4.90 Å². The van der Waals surface area contributed by atoms with Gasteiger partial charge in [0.15, 0.2) is 0 Å². The number of thiophene rings is 1. The fourth-order valence-corrected chi connectivity index (χ4v) is 4.08. The van der Waals surface area contributed by atoms with E-state index in [2.05, 4.69) is 22.4 Å². The first-order valence-corrected chi connectivity index (χ1v) is 8.44. The smallest absolute Gasteiger partial charge is 0.242 e. The summed E-state index contributed by atoms with van der Waals surface area (Å²) in [5.41, 5.74) is 5.78. The van der Waals surface area contributed by atoms with Crippen LogP contribution in [0, 0.1) is 0 Å². The van der Waals surface area contributed by atoms with Crippen molar-refractivity contribution in [2.75, 3.05) is 31.1 Å². The van der Waals surface area contributed by atoms with E-state index in [9.17, 15) is 4.79 Å². The summed E-state index contributed by atoms with van der Waals surface area (Å²) in [7, 11) is 0. The molecule has 2 aliphatic rings. The van der Waals surface area contributed by atoms with Crippen LogP contribution in [-0.4, -0.2) is 42.5 Å². The number of amides is 1. The Morgan fingerprint density at radius 1 is 1.15 bits per heavy atom. The van der Waals surface area contributed by atoms with Crippen LogP contribution in [0.5, 0.6) is 0 Å². The minimum Gasteiger partial charge on any atom is -0.360 e. The number of hydrogen-bond acceptors (Lipinski definition) is 4. The SMILES string of the molecule is NC1(C(=O)N2CCN(c3cccs3)CC2)CCCCC1. The Hall–Kier alpha value is -1.07. The summed E-state index contributed by atoms with van der Waals surface area (Å²) >= 11 is 1.76. The Balaban J connectivity index is 1.59. The lowest BCUT2D eigenvalue weighted by molar-refractivity contribution is -0.138. The second-order valence-corrected chi connectivity index (χ2v) is 6.87. The zero-order chi connectivity index (χ0) is 14.0. The molecule has 0 unspecified atom stereocenters. The Morgan fingerprint density at radius 2 is 1.85 bits per heavy atom. The van der Waals surface area contributed by atoms with Gasteiger partial charge in [0.05, 0.1) is 10.5 Å². The average molecular weight is 293 g/mol. The van der Waals surface area contributed by atoms with Crippen LogP contribution in [0.15, 0.2) is 17.5 Å². The molecular weight excluding hydrogens is 270 g/mol. The monoisotopic (exact) mass is 293 g/mol. The van der Waals surface area contributed by atoms with Crippen LogP contribution in [0.4, 0.5) is 5.00 Å². The number of nitrogens with zero attached hydrogens (tertiary/aromatic N) is 2. The summed E-state index contributed by atoms with van der Waals surface area (Å²) in [5, 5.41) is 3.40. The van der Waals surface area contributed by atoms with Gasteiger partial charge in [-0.05, 0) is 30.4 Å². The number of hydrogen-bond donors (Lipinski definition) is 1. The number of carbonyl (C=O) groups is 1. The van der Waals surface area contributed by atoms with Crippen molar-refractivity contribution in [2.24, 2.45) is 5.73 Å². The van der Waals surface area contributed by atoms with E-state index in [-0.39, 0.29) is 5.91 Å². The predicted octanol–water partition coefficient (Wildman–Crippen LogP) is 2.06. The summed E-state index contributed by atoms with van der Waals surface area (Å²) in [6.07, 6.45) is 5.13. The lowest BCUT2D eigenvalue weighted by Gasteiger charge is -2.41. The fourth-order valence-electron chi connectivity index (χ4n) is 3.29. The maximum Gasteiger partial charge on any atom is 0.242 e. The van der Waals surface area contributed by atoms with Crippen LogP contribution in [0.3, 0.4) is 0 Å². The average Bonchev–Trinajstić information content (AvgIpc) is 3.02. The second-order valence-electron chi connectivity index (χ2n) is 5.95. The molecule has 1 aromatic heterocycles. The molecule has 3 rings (SSSR count). The molecule has 5 heteroatoms. The van der Waals surface area contributed by atoms with Crippen LogP contribution in [0.25, 0.3) is 0 Å². The molecule has 1 aromatic rings. The molecule has 0 bridgehead atoms. The number of rotatable bonds is 2. The largest absolute Gasteiger partial charge is 0.360 e. The van der Waals surface area contributed by atoms with Crippen LogP contribution < -0.4 is 10.6 Å². The van der Waals surface area contributed by atoms with Gasteiger partial charge in [-0.3, -0.25) is 4.79 Å². The van der Waals surface area contributed by atoms with Gasteiger partial charge in [-0.1, -0.05) is 19.3 Å². The maximum absolute atomic E-state index is 12.7. The minimum absolute atomic E-state index is 0.183. The number of anilines is 1. The number of piperazine rings is 1. The first-order valence-electron chi connectivity index (χ1n) is 7.56. The van der Waals surface area contributed by atoms with Gasteiger partial charge >= 0.3 is 0 Å². The topological polar surface area (TPSA) is 49.6 Å². The molecule has 4 nitrogen and oxygen atoms in total. The van der Waals surface area contributed by atoms with Gasteiger partial charge in [0.1, 0.15) is 0 Å². The van der Waals surface area contributed by atoms with Crippen molar-refractivity contribution in [3.05, 3.63) is 17.5 Å². The highest BCUT2D eigenvalue weighted by molar-refractivity contribution is 7.14. The molecule has 0 aromatic carbocycles. The molecule has 2 heterocycles. The molecule has 0 radical (unpaired) electrons. The molecule has 20 heavy (non-hydrogen) atoms. The lowest BCUT2D eigenvalue weighted by atomic mass is 9.81. The Kier molecular flexibility index (Phi) is 3.98. The van der Waals surface area contributed by atoms with Crippen molar-refractivity contribution in [1.29, 1.82) is 0 Å². The Labute approximate surface area is 124 Å². The van der Waals surface area contributed by atoms with Crippen LogP contribution in [0.1, 0.15) is 32.1 Å². The van der Waals surface area contributed by atoms with E-state index in [0.717, 1.165) is 51.9 Å². The van der Waals surface area contributed by atoms with Gasteiger partial charge in [-0.15, -0.1) is 11.3 Å². The molecule has 2 fully saturated rings. The first kappa shape index (κ1) is 13.9. The highest BCUT2D eigenvalue weighted by Crippen LogP contribution is 2.29. The van der Waals surface area contributed by atoms with Crippen molar-refractivity contribution in [2.45, 2.75) is 37.6 Å². The van der Waals surface area contributed by atoms with E-state index >= 15 is 0 Å². The van der Waals surface area contributed by atoms with Crippen LogP contribution in [0.2, 0.25) is 0 Å². The maximum atomic E-state index is 12.7. The molecule has 1 aliphatic heterocycles. The van der Waals surface area contributed by atoms with Crippen LogP contribution in [-0.2, 0) is 4.79 Å². The van der Waals surface area contributed by atoms with E-state index in [4.69, 9.17) is 5.73 Å². The molecule has 1 saturated heterocycles. The minimum atomic E-state index is -0.580. The summed E-state index contributed by atoms with van der Waals surface area (Å²) in [6.45, 7) is 3.44. The molecule has 1 amide bonds. The van der Waals surface area contributed by atoms with E-state index in [1.807, 2.05) is 4.90 Å². The second kappa shape index (κ2) is 5.74. The van der Waals surface area contributed by atoms with E-state index < -0.39 is 5.54 Å². The first-order chi connectivity index (χ1) is 9.69. The molecule has 1 aliphatic carbocycles. The van der Waals surface area contributed by atoms with Gasteiger partial charge < -0.3 is 15.5 Å². The number of carbonyl (C=O) groups excluding carboxylic acids is 1. The third kappa shape index (κ3) is 2.69. The summed E-state index contributed by atoms with van der Waals surface area (Å²) < 4.78 is 0. The normalized spacial score (nSPS) is 22.9. The highest BCUT2D eigenvalue weighted by atomic mass is 32.1. The summed E-state index contributed by atoms with van der Waals surface area (Å²) in [6, 6.07) is 4.22. The molecule has 1 saturated carbocycles. The lowest BCUT2D eigenvalue weighted by Crippen LogP contribution is -2.60. The van der Waals surface area contributed by atoms with Gasteiger partial charge in [-0.25, -0.2) is 0 Å².